The van der Waals surface area contributed by atoms with Crippen molar-refractivity contribution in [1.29, 1.82) is 0 Å². The van der Waals surface area contributed by atoms with E-state index >= 15 is 0 Å². The molecule has 38 valence electrons. The summed E-state index contributed by atoms with van der Waals surface area (Å²) < 4.78 is 0. The Kier molecular flexibility index (Phi) is 1.31. The van der Waals surface area contributed by atoms with Gasteiger partial charge in [-0.25, -0.2) is 0 Å². The van der Waals surface area contributed by atoms with Gasteiger partial charge in [0.15, 0.2) is 0 Å². The van der Waals surface area contributed by atoms with E-state index in [0.29, 0.717) is 5.88 Å². The molecule has 0 saturated heterocycles. The Bertz CT molecular complexity index is 112. The topological polar surface area (TPSA) is 41.5 Å². The van der Waals surface area contributed by atoms with Crippen LogP contribution in [0.2, 0.25) is 0 Å². The van der Waals surface area contributed by atoms with Crippen molar-refractivity contribution in [2.24, 2.45) is 5.10 Å². The molecule has 0 aromatic rings. The largest absolute Gasteiger partial charge is 0.299 e. The van der Waals surface area contributed by atoms with Crippen LogP contribution in [-0.2, 0) is 4.79 Å². The molecule has 0 bridgehead atoms. The zero-order valence-electron chi connectivity index (χ0n) is 3.55. The maximum Gasteiger partial charge on any atom is 0.233 e. The van der Waals surface area contributed by atoms with E-state index in [1.165, 1.54) is 18.0 Å². The maximum atomic E-state index is 10.2. The molecule has 0 aromatic carbocycles. The number of hydrogen-bond donors (Lipinski definition) is 1. The molecule has 4 heteroatoms. The Labute approximate surface area is 45.2 Å². The van der Waals surface area contributed by atoms with Gasteiger partial charge in [-0.1, -0.05) is 11.8 Å². The first-order valence-corrected chi connectivity index (χ1v) is 2.81. The average molecular weight is 116 g/mol. The van der Waals surface area contributed by atoms with Gasteiger partial charge in [-0.05, 0) is 0 Å². The molecule has 1 heterocycles. The number of nitrogens with one attached hydrogen (secondary N) is 1. The standard InChI is InChI=1S/C3H4N2OS/c6-3-1-4-5-2-7-3/h1,5H,2H2. The summed E-state index contributed by atoms with van der Waals surface area (Å²) in [6.45, 7) is 0. The van der Waals surface area contributed by atoms with E-state index in [-0.39, 0.29) is 5.12 Å². The Balaban J connectivity index is 2.51. The Morgan fingerprint density at radius 2 is 2.86 bits per heavy atom. The minimum Gasteiger partial charge on any atom is -0.299 e. The third-order valence-corrected chi connectivity index (χ3v) is 1.20. The maximum absolute atomic E-state index is 10.2. The van der Waals surface area contributed by atoms with Crippen molar-refractivity contribution in [3.8, 4) is 0 Å². The van der Waals surface area contributed by atoms with E-state index in [2.05, 4.69) is 10.5 Å². The molecule has 0 spiro atoms. The van der Waals surface area contributed by atoms with Gasteiger partial charge >= 0.3 is 0 Å². The van der Waals surface area contributed by atoms with Gasteiger partial charge in [0.05, 0.1) is 5.88 Å². The minimum absolute atomic E-state index is 0.0266. The smallest absolute Gasteiger partial charge is 0.233 e. The second-order valence-corrected chi connectivity index (χ2v) is 2.00. The molecule has 1 rings (SSSR count). The third-order valence-electron chi connectivity index (χ3n) is 0.540. The summed E-state index contributed by atoms with van der Waals surface area (Å²) in [4.78, 5) is 10.2. The number of hydrazone groups is 1. The van der Waals surface area contributed by atoms with E-state index in [9.17, 15) is 4.79 Å². The predicted molar refractivity (Wildman–Crippen MR) is 29.1 cm³/mol. The second-order valence-electron chi connectivity index (χ2n) is 1.02. The van der Waals surface area contributed by atoms with Crippen molar-refractivity contribution < 1.29 is 4.79 Å². The molecule has 1 aliphatic rings. The third kappa shape index (κ3) is 1.19. The number of hydrogen-bond acceptors (Lipinski definition) is 4. The van der Waals surface area contributed by atoms with E-state index in [1.54, 1.807) is 0 Å². The van der Waals surface area contributed by atoms with Crippen molar-refractivity contribution in [2.75, 3.05) is 5.88 Å². The molecule has 0 unspecified atom stereocenters. The first-order chi connectivity index (χ1) is 3.39. The second kappa shape index (κ2) is 1.97. The minimum atomic E-state index is 0.0266. The Hall–Kier alpha value is -0.510. The molecule has 0 aliphatic carbocycles. The molecule has 0 aromatic heterocycles. The fourth-order valence-corrected chi connectivity index (χ4v) is 0.685. The highest BCUT2D eigenvalue weighted by Crippen LogP contribution is 1.99. The molecule has 1 aliphatic heterocycles. The van der Waals surface area contributed by atoms with Crippen LogP contribution in [0.25, 0.3) is 0 Å². The van der Waals surface area contributed by atoms with Crippen LogP contribution in [0, 0.1) is 0 Å². The van der Waals surface area contributed by atoms with Gasteiger partial charge in [-0.15, -0.1) is 0 Å². The summed E-state index contributed by atoms with van der Waals surface area (Å²) >= 11 is 1.22. The van der Waals surface area contributed by atoms with E-state index < -0.39 is 0 Å². The van der Waals surface area contributed by atoms with Gasteiger partial charge in [0, 0.05) is 0 Å². The number of nitrogens with zero attached hydrogens (tertiary/aromatic N) is 1. The highest BCUT2D eigenvalue weighted by atomic mass is 32.2. The first-order valence-electron chi connectivity index (χ1n) is 1.82. The average Bonchev–Trinajstić information content (AvgIpc) is 1.69. The lowest BCUT2D eigenvalue weighted by molar-refractivity contribution is -0.105. The first kappa shape index (κ1) is 4.64. The number of thioether (sulfide) groups is 1. The van der Waals surface area contributed by atoms with Crippen LogP contribution in [0.5, 0.6) is 0 Å². The number of carbonyl (C=O) groups is 1. The van der Waals surface area contributed by atoms with Crippen LogP contribution >= 0.6 is 11.8 Å². The SMILES string of the molecule is O=C1C=NNCS1. The van der Waals surface area contributed by atoms with Gasteiger partial charge in [-0.2, -0.15) is 5.10 Å². The van der Waals surface area contributed by atoms with Crippen LogP contribution in [0.15, 0.2) is 5.10 Å². The summed E-state index contributed by atoms with van der Waals surface area (Å²) in [5.74, 6) is 0.606. The van der Waals surface area contributed by atoms with Crippen molar-refractivity contribution >= 4 is 23.1 Å². The zero-order valence-corrected chi connectivity index (χ0v) is 4.36. The molecule has 0 atom stereocenters. The van der Waals surface area contributed by atoms with E-state index in [1.807, 2.05) is 0 Å². The lowest BCUT2D eigenvalue weighted by atomic mass is 10.8. The van der Waals surface area contributed by atoms with Crippen molar-refractivity contribution in [2.45, 2.75) is 0 Å². The monoisotopic (exact) mass is 116 g/mol. The van der Waals surface area contributed by atoms with Crippen molar-refractivity contribution in [3.05, 3.63) is 0 Å². The number of rotatable bonds is 0. The Morgan fingerprint density at radius 3 is 3.14 bits per heavy atom. The quantitative estimate of drug-likeness (QED) is 0.476. The lowest BCUT2D eigenvalue weighted by Gasteiger charge is -1.99. The predicted octanol–water partition coefficient (Wildman–Crippen LogP) is -0.207. The normalized spacial score (nSPS) is 19.1. The van der Waals surface area contributed by atoms with Crippen LogP contribution < -0.4 is 5.43 Å². The summed E-state index contributed by atoms with van der Waals surface area (Å²) in [5.41, 5.74) is 2.63. The van der Waals surface area contributed by atoms with Gasteiger partial charge < -0.3 is 0 Å². The number of carbonyl (C=O) groups excluding carboxylic acids is 1. The summed E-state index contributed by atoms with van der Waals surface area (Å²) in [6.07, 6.45) is 1.27. The summed E-state index contributed by atoms with van der Waals surface area (Å²) in [7, 11) is 0. The molecule has 1 N–H and O–H groups in total. The van der Waals surface area contributed by atoms with Crippen LogP contribution in [0.4, 0.5) is 0 Å². The van der Waals surface area contributed by atoms with Gasteiger partial charge in [0.25, 0.3) is 0 Å². The Morgan fingerprint density at radius 1 is 2.00 bits per heavy atom. The zero-order chi connectivity index (χ0) is 5.11. The molecular formula is C3H4N2OS. The van der Waals surface area contributed by atoms with Crippen LogP contribution in [0.3, 0.4) is 0 Å². The lowest BCUT2D eigenvalue weighted by Crippen LogP contribution is -2.14. The van der Waals surface area contributed by atoms with Gasteiger partial charge in [0.2, 0.25) is 5.12 Å². The summed E-state index contributed by atoms with van der Waals surface area (Å²) in [5, 5.41) is 3.54. The molecular weight excluding hydrogens is 112 g/mol. The van der Waals surface area contributed by atoms with Crippen molar-refractivity contribution in [1.82, 2.24) is 5.43 Å². The fraction of sp³-hybridized carbons (Fsp3) is 0.333. The van der Waals surface area contributed by atoms with Gasteiger partial charge in [-0.3, -0.25) is 10.2 Å². The fourth-order valence-electron chi connectivity index (χ4n) is 0.276. The van der Waals surface area contributed by atoms with E-state index in [4.69, 9.17) is 0 Å². The molecule has 0 fully saturated rings. The highest BCUT2D eigenvalue weighted by molar-refractivity contribution is 8.15. The van der Waals surface area contributed by atoms with Crippen LogP contribution in [0.1, 0.15) is 0 Å². The van der Waals surface area contributed by atoms with Crippen LogP contribution in [-0.4, -0.2) is 17.2 Å². The molecule has 0 saturated carbocycles. The van der Waals surface area contributed by atoms with E-state index in [0.717, 1.165) is 0 Å². The summed E-state index contributed by atoms with van der Waals surface area (Å²) in [6, 6.07) is 0. The van der Waals surface area contributed by atoms with Gasteiger partial charge in [0.1, 0.15) is 6.21 Å². The molecule has 0 radical (unpaired) electrons. The molecule has 3 nitrogen and oxygen atoms in total. The molecule has 0 amide bonds. The highest BCUT2D eigenvalue weighted by Gasteiger charge is 1.99. The van der Waals surface area contributed by atoms with Crippen molar-refractivity contribution in [3.63, 3.8) is 0 Å². The molecule has 7 heavy (non-hydrogen) atoms.